The molecule has 2 N–H and O–H groups in total. The molecule has 0 aliphatic carbocycles. The van der Waals surface area contributed by atoms with Crippen molar-refractivity contribution in [2.24, 2.45) is 0 Å². The molecule has 21 heavy (non-hydrogen) atoms. The number of benzene rings is 1. The van der Waals surface area contributed by atoms with Gasteiger partial charge in [0.05, 0.1) is 22.0 Å². The van der Waals surface area contributed by atoms with Gasteiger partial charge in [0.1, 0.15) is 11.5 Å². The molecule has 0 aliphatic rings. The van der Waals surface area contributed by atoms with Crippen molar-refractivity contribution in [3.8, 4) is 0 Å². The van der Waals surface area contributed by atoms with Gasteiger partial charge in [0.25, 0.3) is 5.91 Å². The molecule has 1 aromatic heterocycles. The minimum Gasteiger partial charge on any atom is -0.478 e. The van der Waals surface area contributed by atoms with Gasteiger partial charge in [-0.3, -0.25) is 4.79 Å². The molecule has 1 amide bonds. The van der Waals surface area contributed by atoms with E-state index >= 15 is 0 Å². The first-order chi connectivity index (χ1) is 9.90. The minimum atomic E-state index is -1.14. The van der Waals surface area contributed by atoms with E-state index in [1.165, 1.54) is 31.2 Å². The Morgan fingerprint density at radius 3 is 2.57 bits per heavy atom. The highest BCUT2D eigenvalue weighted by molar-refractivity contribution is 6.33. The van der Waals surface area contributed by atoms with Gasteiger partial charge in [-0.2, -0.15) is 0 Å². The second-order valence-corrected chi connectivity index (χ2v) is 4.59. The summed E-state index contributed by atoms with van der Waals surface area (Å²) in [6.07, 6.45) is 0. The first-order valence-corrected chi connectivity index (χ1v) is 6.24. The van der Waals surface area contributed by atoms with Crippen molar-refractivity contribution in [1.82, 2.24) is 4.98 Å². The van der Waals surface area contributed by atoms with Gasteiger partial charge in [-0.1, -0.05) is 17.7 Å². The van der Waals surface area contributed by atoms with Crippen molar-refractivity contribution in [2.45, 2.75) is 6.92 Å². The standard InChI is InChI=1S/C14H10ClFN2O3/c1-7-8(14(20)21)5-6-11(17-7)13(19)18-12-9(15)3-2-4-10(12)16/h2-6H,1H3,(H,18,19)(H,20,21). The molecular formula is C14H10ClFN2O3. The van der Waals surface area contributed by atoms with E-state index < -0.39 is 17.7 Å². The number of aryl methyl sites for hydroxylation is 1. The Morgan fingerprint density at radius 1 is 1.29 bits per heavy atom. The Morgan fingerprint density at radius 2 is 2.00 bits per heavy atom. The summed E-state index contributed by atoms with van der Waals surface area (Å²) in [5.41, 5.74) is 0.00741. The van der Waals surface area contributed by atoms with E-state index in [1.54, 1.807) is 0 Å². The predicted octanol–water partition coefficient (Wildman–Crippen LogP) is 3.13. The van der Waals surface area contributed by atoms with Crippen molar-refractivity contribution in [2.75, 3.05) is 5.32 Å². The van der Waals surface area contributed by atoms with E-state index in [0.29, 0.717) is 0 Å². The van der Waals surface area contributed by atoms with Crippen LogP contribution < -0.4 is 5.32 Å². The lowest BCUT2D eigenvalue weighted by Gasteiger charge is -2.08. The summed E-state index contributed by atoms with van der Waals surface area (Å²) in [6, 6.07) is 6.53. The van der Waals surface area contributed by atoms with E-state index in [1.807, 2.05) is 0 Å². The summed E-state index contributed by atoms with van der Waals surface area (Å²) < 4.78 is 13.6. The number of pyridine rings is 1. The molecule has 0 atom stereocenters. The van der Waals surface area contributed by atoms with Crippen LogP contribution in [0.3, 0.4) is 0 Å². The van der Waals surface area contributed by atoms with E-state index in [4.69, 9.17) is 16.7 Å². The van der Waals surface area contributed by atoms with Crippen LogP contribution in [0.2, 0.25) is 5.02 Å². The molecule has 2 rings (SSSR count). The van der Waals surface area contributed by atoms with Crippen LogP contribution in [-0.4, -0.2) is 22.0 Å². The third-order valence-corrected chi connectivity index (χ3v) is 3.07. The predicted molar refractivity (Wildman–Crippen MR) is 75.3 cm³/mol. The fraction of sp³-hybridized carbons (Fsp3) is 0.0714. The van der Waals surface area contributed by atoms with Crippen molar-refractivity contribution in [3.63, 3.8) is 0 Å². The molecule has 0 radical (unpaired) electrons. The number of aromatic carboxylic acids is 1. The first kappa shape index (κ1) is 14.9. The lowest BCUT2D eigenvalue weighted by atomic mass is 10.2. The Bertz CT molecular complexity index is 714. The van der Waals surface area contributed by atoms with E-state index in [2.05, 4.69) is 10.3 Å². The van der Waals surface area contributed by atoms with E-state index in [9.17, 15) is 14.0 Å². The van der Waals surface area contributed by atoms with Gasteiger partial charge >= 0.3 is 5.97 Å². The molecule has 0 saturated carbocycles. The van der Waals surface area contributed by atoms with Gasteiger partial charge < -0.3 is 10.4 Å². The van der Waals surface area contributed by atoms with Crippen LogP contribution in [0.15, 0.2) is 30.3 Å². The number of hydrogen-bond acceptors (Lipinski definition) is 3. The molecular weight excluding hydrogens is 299 g/mol. The highest BCUT2D eigenvalue weighted by Crippen LogP contribution is 2.25. The lowest BCUT2D eigenvalue weighted by Crippen LogP contribution is -2.16. The molecule has 5 nitrogen and oxygen atoms in total. The summed E-state index contributed by atoms with van der Waals surface area (Å²) in [4.78, 5) is 26.8. The Labute approximate surface area is 124 Å². The fourth-order valence-corrected chi connectivity index (χ4v) is 1.92. The summed E-state index contributed by atoms with van der Waals surface area (Å²) in [7, 11) is 0. The molecule has 0 spiro atoms. The zero-order chi connectivity index (χ0) is 15.6. The number of rotatable bonds is 3. The number of carbonyl (C=O) groups excluding carboxylic acids is 1. The summed E-state index contributed by atoms with van der Waals surface area (Å²) in [5, 5.41) is 11.3. The van der Waals surface area contributed by atoms with Crippen molar-refractivity contribution < 1.29 is 19.1 Å². The molecule has 7 heteroatoms. The molecule has 0 saturated heterocycles. The van der Waals surface area contributed by atoms with Gasteiger partial charge in [0, 0.05) is 0 Å². The number of halogens is 2. The largest absolute Gasteiger partial charge is 0.478 e. The van der Waals surface area contributed by atoms with Crippen LogP contribution in [0, 0.1) is 12.7 Å². The molecule has 2 aromatic rings. The fourth-order valence-electron chi connectivity index (χ4n) is 1.71. The molecule has 0 fully saturated rings. The third-order valence-electron chi connectivity index (χ3n) is 2.75. The number of aromatic nitrogens is 1. The maximum Gasteiger partial charge on any atom is 0.337 e. The zero-order valence-electron chi connectivity index (χ0n) is 10.9. The van der Waals surface area contributed by atoms with Gasteiger partial charge in [0.15, 0.2) is 0 Å². The van der Waals surface area contributed by atoms with Crippen LogP contribution in [-0.2, 0) is 0 Å². The number of hydrogen-bond donors (Lipinski definition) is 2. The van der Waals surface area contributed by atoms with Crippen LogP contribution in [0.25, 0.3) is 0 Å². The third kappa shape index (κ3) is 3.17. The monoisotopic (exact) mass is 308 g/mol. The molecule has 0 unspecified atom stereocenters. The molecule has 1 heterocycles. The maximum atomic E-state index is 13.6. The quantitative estimate of drug-likeness (QED) is 0.913. The SMILES string of the molecule is Cc1nc(C(=O)Nc2c(F)cccc2Cl)ccc1C(=O)O. The van der Waals surface area contributed by atoms with Crippen LogP contribution in [0.1, 0.15) is 26.5 Å². The van der Waals surface area contributed by atoms with E-state index in [-0.39, 0.29) is 27.7 Å². The maximum absolute atomic E-state index is 13.6. The number of carbonyl (C=O) groups is 2. The van der Waals surface area contributed by atoms with Gasteiger partial charge in [-0.25, -0.2) is 14.2 Å². The smallest absolute Gasteiger partial charge is 0.337 e. The molecule has 0 bridgehead atoms. The van der Waals surface area contributed by atoms with Crippen molar-refractivity contribution in [1.29, 1.82) is 0 Å². The van der Waals surface area contributed by atoms with Gasteiger partial charge in [-0.05, 0) is 31.2 Å². The van der Waals surface area contributed by atoms with Gasteiger partial charge in [-0.15, -0.1) is 0 Å². The topological polar surface area (TPSA) is 79.3 Å². The van der Waals surface area contributed by atoms with Crippen molar-refractivity contribution in [3.05, 3.63) is 58.1 Å². The van der Waals surface area contributed by atoms with E-state index in [0.717, 1.165) is 6.07 Å². The number of nitrogens with one attached hydrogen (secondary N) is 1. The van der Waals surface area contributed by atoms with Crippen LogP contribution in [0.4, 0.5) is 10.1 Å². The number of amides is 1. The second-order valence-electron chi connectivity index (χ2n) is 4.19. The number of para-hydroxylation sites is 1. The number of carboxylic acid groups (broad SMARTS) is 1. The Kier molecular flexibility index (Phi) is 4.18. The number of carboxylic acids is 1. The molecule has 1 aromatic carbocycles. The highest BCUT2D eigenvalue weighted by atomic mass is 35.5. The average Bonchev–Trinajstić information content (AvgIpc) is 2.42. The normalized spacial score (nSPS) is 10.2. The first-order valence-electron chi connectivity index (χ1n) is 5.86. The Balaban J connectivity index is 2.29. The lowest BCUT2D eigenvalue weighted by molar-refractivity contribution is 0.0695. The average molecular weight is 309 g/mol. The van der Waals surface area contributed by atoms with Gasteiger partial charge in [0.2, 0.25) is 0 Å². The zero-order valence-corrected chi connectivity index (χ0v) is 11.6. The number of nitrogens with zero attached hydrogens (tertiary/aromatic N) is 1. The Hall–Kier alpha value is -2.47. The van der Waals surface area contributed by atoms with Crippen molar-refractivity contribution >= 4 is 29.2 Å². The number of anilines is 1. The minimum absolute atomic E-state index is 0.00419. The van der Waals surface area contributed by atoms with Crippen LogP contribution >= 0.6 is 11.6 Å². The van der Waals surface area contributed by atoms with Crippen LogP contribution in [0.5, 0.6) is 0 Å². The highest BCUT2D eigenvalue weighted by Gasteiger charge is 2.16. The summed E-state index contributed by atoms with van der Waals surface area (Å²) >= 11 is 5.81. The molecule has 0 aliphatic heterocycles. The summed E-state index contributed by atoms with van der Waals surface area (Å²) in [5.74, 6) is -2.49. The molecule has 108 valence electrons. The summed E-state index contributed by atoms with van der Waals surface area (Å²) in [6.45, 7) is 1.47. The second kappa shape index (κ2) is 5.88.